The van der Waals surface area contributed by atoms with E-state index in [2.05, 4.69) is 31.2 Å². The first-order chi connectivity index (χ1) is 13.7. The summed E-state index contributed by atoms with van der Waals surface area (Å²) in [5, 5.41) is 4.50. The largest absolute Gasteiger partial charge is 0.436 e. The molecule has 0 saturated carbocycles. The molecule has 144 valence electrons. The molecule has 4 rings (SSSR count). The Morgan fingerprint density at radius 2 is 1.68 bits per heavy atom. The van der Waals surface area contributed by atoms with Crippen molar-refractivity contribution in [3.63, 3.8) is 0 Å². The van der Waals surface area contributed by atoms with Gasteiger partial charge in [-0.25, -0.2) is 15.0 Å². The van der Waals surface area contributed by atoms with Crippen LogP contribution in [0.3, 0.4) is 0 Å². The van der Waals surface area contributed by atoms with Gasteiger partial charge in [-0.05, 0) is 29.8 Å². The van der Waals surface area contributed by atoms with Crippen molar-refractivity contribution in [1.82, 2.24) is 25.2 Å². The summed E-state index contributed by atoms with van der Waals surface area (Å²) in [6, 6.07) is 9.40. The second-order valence-electron chi connectivity index (χ2n) is 6.56. The SMILES string of the molecule is Clc1cc(Cl)cc(-c2cc(CN3CCNCC3)cc(Oc3cncnc3)n2)c1. The number of nitrogens with one attached hydrogen (secondary N) is 1. The summed E-state index contributed by atoms with van der Waals surface area (Å²) in [6.45, 7) is 4.80. The zero-order valence-electron chi connectivity index (χ0n) is 15.1. The number of hydrogen-bond donors (Lipinski definition) is 1. The molecule has 1 aliphatic heterocycles. The third kappa shape index (κ3) is 4.97. The van der Waals surface area contributed by atoms with Gasteiger partial charge in [0, 0.05) is 54.4 Å². The first-order valence-corrected chi connectivity index (χ1v) is 9.75. The lowest BCUT2D eigenvalue weighted by molar-refractivity contribution is 0.233. The van der Waals surface area contributed by atoms with Gasteiger partial charge in [-0.15, -0.1) is 0 Å². The summed E-state index contributed by atoms with van der Waals surface area (Å²) in [7, 11) is 0. The van der Waals surface area contributed by atoms with Gasteiger partial charge in [0.05, 0.1) is 18.1 Å². The summed E-state index contributed by atoms with van der Waals surface area (Å²) in [4.78, 5) is 15.0. The van der Waals surface area contributed by atoms with Crippen molar-refractivity contribution >= 4 is 23.2 Å². The predicted molar refractivity (Wildman–Crippen MR) is 110 cm³/mol. The molecule has 0 amide bonds. The van der Waals surface area contributed by atoms with Crippen LogP contribution >= 0.6 is 23.2 Å². The van der Waals surface area contributed by atoms with Gasteiger partial charge in [0.25, 0.3) is 0 Å². The van der Waals surface area contributed by atoms with E-state index in [0.29, 0.717) is 21.7 Å². The normalized spacial score (nSPS) is 14.8. The topological polar surface area (TPSA) is 63.2 Å². The molecule has 1 saturated heterocycles. The van der Waals surface area contributed by atoms with Crippen molar-refractivity contribution in [3.8, 4) is 22.9 Å². The minimum absolute atomic E-state index is 0.480. The minimum atomic E-state index is 0.480. The van der Waals surface area contributed by atoms with Gasteiger partial charge < -0.3 is 10.1 Å². The Hall–Kier alpha value is -2.25. The molecule has 1 aromatic carbocycles. The van der Waals surface area contributed by atoms with Crippen molar-refractivity contribution in [2.24, 2.45) is 0 Å². The highest BCUT2D eigenvalue weighted by Crippen LogP contribution is 2.30. The lowest BCUT2D eigenvalue weighted by Gasteiger charge is -2.27. The second-order valence-corrected chi connectivity index (χ2v) is 7.43. The Morgan fingerprint density at radius 1 is 0.964 bits per heavy atom. The van der Waals surface area contributed by atoms with Crippen LogP contribution in [0, 0.1) is 0 Å². The van der Waals surface area contributed by atoms with Crippen molar-refractivity contribution < 1.29 is 4.74 Å². The fraction of sp³-hybridized carbons (Fsp3) is 0.250. The molecule has 1 fully saturated rings. The van der Waals surface area contributed by atoms with Crippen molar-refractivity contribution in [2.75, 3.05) is 26.2 Å². The molecule has 1 N–H and O–H groups in total. The first kappa shape index (κ1) is 19.1. The number of rotatable bonds is 5. The number of pyridine rings is 1. The van der Waals surface area contributed by atoms with Crippen molar-refractivity contribution in [1.29, 1.82) is 0 Å². The summed E-state index contributed by atoms with van der Waals surface area (Å²) < 4.78 is 5.90. The van der Waals surface area contributed by atoms with E-state index in [1.165, 1.54) is 6.33 Å². The Morgan fingerprint density at radius 3 is 2.39 bits per heavy atom. The van der Waals surface area contributed by atoms with Crippen LogP contribution < -0.4 is 10.1 Å². The van der Waals surface area contributed by atoms with Crippen LogP contribution in [0.4, 0.5) is 0 Å². The molecule has 0 bridgehead atoms. The van der Waals surface area contributed by atoms with Crippen molar-refractivity contribution in [2.45, 2.75) is 6.54 Å². The number of nitrogens with zero attached hydrogens (tertiary/aromatic N) is 4. The maximum absolute atomic E-state index is 6.19. The maximum Gasteiger partial charge on any atom is 0.220 e. The fourth-order valence-electron chi connectivity index (χ4n) is 3.14. The van der Waals surface area contributed by atoms with E-state index in [1.807, 2.05) is 18.2 Å². The highest BCUT2D eigenvalue weighted by Gasteiger charge is 2.14. The standard InChI is InChI=1S/C20H19Cl2N5O/c21-16-7-15(8-17(22)9-16)19-5-14(12-27-3-1-23-2-4-27)6-20(26-19)28-18-10-24-13-25-11-18/h5-11,13,23H,1-4,12H2. The average Bonchev–Trinajstić information content (AvgIpc) is 2.69. The minimum Gasteiger partial charge on any atom is -0.436 e. The van der Waals surface area contributed by atoms with E-state index in [1.54, 1.807) is 18.5 Å². The molecular weight excluding hydrogens is 397 g/mol. The lowest BCUT2D eigenvalue weighted by atomic mass is 10.1. The van der Waals surface area contributed by atoms with Gasteiger partial charge in [0.1, 0.15) is 6.33 Å². The predicted octanol–water partition coefficient (Wildman–Crippen LogP) is 4.04. The number of aromatic nitrogens is 3. The van der Waals surface area contributed by atoms with Gasteiger partial charge in [0.15, 0.2) is 5.75 Å². The molecule has 28 heavy (non-hydrogen) atoms. The van der Waals surface area contributed by atoms with Gasteiger partial charge in [0.2, 0.25) is 5.88 Å². The lowest BCUT2D eigenvalue weighted by Crippen LogP contribution is -2.42. The molecule has 3 aromatic rings. The summed E-state index contributed by atoms with van der Waals surface area (Å²) in [6.07, 6.45) is 4.67. The molecule has 8 heteroatoms. The zero-order chi connectivity index (χ0) is 19.3. The van der Waals surface area contributed by atoms with Crippen LogP contribution in [-0.2, 0) is 6.54 Å². The van der Waals surface area contributed by atoms with E-state index in [4.69, 9.17) is 27.9 Å². The Bertz CT molecular complexity index is 928. The number of benzene rings is 1. The smallest absolute Gasteiger partial charge is 0.220 e. The summed E-state index contributed by atoms with van der Waals surface area (Å²) in [5.74, 6) is 1.01. The van der Waals surface area contributed by atoms with Crippen molar-refractivity contribution in [3.05, 3.63) is 64.7 Å². The molecule has 0 aliphatic carbocycles. The highest BCUT2D eigenvalue weighted by molar-refractivity contribution is 6.35. The fourth-order valence-corrected chi connectivity index (χ4v) is 3.66. The van der Waals surface area contributed by atoms with Crippen LogP contribution in [0.5, 0.6) is 11.6 Å². The second kappa shape index (κ2) is 8.84. The molecular formula is C20H19Cl2N5O. The molecule has 2 aromatic heterocycles. The zero-order valence-corrected chi connectivity index (χ0v) is 16.6. The number of hydrogen-bond acceptors (Lipinski definition) is 6. The van der Waals surface area contributed by atoms with Crippen LogP contribution in [-0.4, -0.2) is 46.0 Å². The van der Waals surface area contributed by atoms with E-state index < -0.39 is 0 Å². The third-order valence-electron chi connectivity index (χ3n) is 4.40. The van der Waals surface area contributed by atoms with Gasteiger partial charge in [-0.2, -0.15) is 0 Å². The maximum atomic E-state index is 6.19. The quantitative estimate of drug-likeness (QED) is 0.678. The average molecular weight is 416 g/mol. The number of halogens is 2. The summed E-state index contributed by atoms with van der Waals surface area (Å²) >= 11 is 12.4. The number of piperazine rings is 1. The van der Waals surface area contributed by atoms with Crippen LogP contribution in [0.15, 0.2) is 49.1 Å². The van der Waals surface area contributed by atoms with Crippen LogP contribution in [0.25, 0.3) is 11.3 Å². The Kier molecular flexibility index (Phi) is 6.02. The molecule has 0 spiro atoms. The van der Waals surface area contributed by atoms with E-state index in [9.17, 15) is 0 Å². The van der Waals surface area contributed by atoms with Gasteiger partial charge in [-0.1, -0.05) is 23.2 Å². The Labute approximate surface area is 173 Å². The molecule has 1 aliphatic rings. The number of ether oxygens (including phenoxy) is 1. The van der Waals surface area contributed by atoms with E-state index in [0.717, 1.165) is 49.5 Å². The molecule has 0 unspecified atom stereocenters. The molecule has 3 heterocycles. The molecule has 0 atom stereocenters. The monoisotopic (exact) mass is 415 g/mol. The highest BCUT2D eigenvalue weighted by atomic mass is 35.5. The van der Waals surface area contributed by atoms with E-state index >= 15 is 0 Å². The first-order valence-electron chi connectivity index (χ1n) is 8.99. The molecule has 0 radical (unpaired) electrons. The molecule has 6 nitrogen and oxygen atoms in total. The van der Waals surface area contributed by atoms with E-state index in [-0.39, 0.29) is 0 Å². The van der Waals surface area contributed by atoms with Crippen LogP contribution in [0.2, 0.25) is 10.0 Å². The van der Waals surface area contributed by atoms with Crippen LogP contribution in [0.1, 0.15) is 5.56 Å². The summed E-state index contributed by atoms with van der Waals surface area (Å²) in [5.41, 5.74) is 2.70. The van der Waals surface area contributed by atoms with Gasteiger partial charge in [-0.3, -0.25) is 4.90 Å². The Balaban J connectivity index is 1.69. The third-order valence-corrected chi connectivity index (χ3v) is 4.83. The van der Waals surface area contributed by atoms with Gasteiger partial charge >= 0.3 is 0 Å².